The highest BCUT2D eigenvalue weighted by Gasteiger charge is 2.24. The Morgan fingerprint density at radius 1 is 0.561 bits per heavy atom. The zero-order valence-corrected chi connectivity index (χ0v) is 37.1. The van der Waals surface area contributed by atoms with Crippen LogP contribution in [0.15, 0.2) is 97.2 Å². The molecule has 0 aliphatic heterocycles. The smallest absolute Gasteiger partial charge is 0.308 e. The number of likely N-dealkylation sites (N-methyl/N-ethyl adjacent to an activating group) is 1. The van der Waals surface area contributed by atoms with E-state index in [1.165, 1.54) is 38.5 Å². The molecule has 0 aliphatic rings. The van der Waals surface area contributed by atoms with E-state index >= 15 is 0 Å². The van der Waals surface area contributed by atoms with Gasteiger partial charge in [0.05, 0.1) is 21.1 Å². The molecule has 0 aromatic rings. The molecule has 0 spiro atoms. The second-order valence-corrected chi connectivity index (χ2v) is 16.3. The first-order valence-electron chi connectivity index (χ1n) is 21.5. The van der Waals surface area contributed by atoms with Gasteiger partial charge in [-0.2, -0.15) is 0 Å². The summed E-state index contributed by atoms with van der Waals surface area (Å²) in [6, 6.07) is 0. The molecule has 9 nitrogen and oxygen atoms in total. The first-order valence-corrected chi connectivity index (χ1v) is 22.9. The summed E-state index contributed by atoms with van der Waals surface area (Å²) >= 11 is 0. The fraction of sp³-hybridized carbons (Fsp3) is 0.617. The molecular weight excluding hydrogens is 737 g/mol. The Labute approximate surface area is 347 Å². The van der Waals surface area contributed by atoms with Crippen LogP contribution >= 0.6 is 7.82 Å². The van der Waals surface area contributed by atoms with E-state index in [0.717, 1.165) is 51.4 Å². The number of carbonyl (C=O) groups excluding carboxylic acids is 2. The summed E-state index contributed by atoms with van der Waals surface area (Å²) < 4.78 is 33.6. The minimum absolute atomic E-state index is 0.0480. The highest BCUT2D eigenvalue weighted by Crippen LogP contribution is 2.40. The van der Waals surface area contributed by atoms with Crippen molar-refractivity contribution in [1.82, 2.24) is 0 Å². The number of unbranched alkanes of at least 4 members (excludes halogenated alkanes) is 8. The average Bonchev–Trinajstić information content (AvgIpc) is 3.15. The van der Waals surface area contributed by atoms with E-state index in [2.05, 4.69) is 92.8 Å². The number of hydrogen-bond acceptors (Lipinski definition) is 8. The van der Waals surface area contributed by atoms with Crippen molar-refractivity contribution in [3.05, 3.63) is 97.2 Å². The summed E-state index contributed by atoms with van der Waals surface area (Å²) in [7, 11) is 0.844. The van der Waals surface area contributed by atoms with Gasteiger partial charge >= 0.3 is 11.9 Å². The van der Waals surface area contributed by atoms with Crippen LogP contribution in [0.25, 0.3) is 0 Å². The average molecular weight is 816 g/mol. The third-order valence-electron chi connectivity index (χ3n) is 8.32. The monoisotopic (exact) mass is 816 g/mol. The second-order valence-electron chi connectivity index (χ2n) is 15.0. The molecule has 0 amide bonds. The van der Waals surface area contributed by atoms with Gasteiger partial charge < -0.3 is 23.4 Å². The van der Waals surface area contributed by atoms with Gasteiger partial charge in [-0.05, 0) is 89.9 Å². The first-order chi connectivity index (χ1) is 27.5. The Hall–Kier alpha value is -3.07. The Bertz CT molecular complexity index is 1290. The van der Waals surface area contributed by atoms with Crippen LogP contribution in [0.5, 0.6) is 0 Å². The van der Waals surface area contributed by atoms with E-state index in [9.17, 15) is 19.0 Å². The quantitative estimate of drug-likeness (QED) is 0.0152. The molecule has 0 rings (SSSR count). The SMILES string of the molecule is CCCCC/C=C\C/C=C\C/C=C\C/C=C\CCCC(=O)OC[C@@H](OC(=O)CCC/C=C\C/C=C\C/C=C\C/C=C\CCCCC)OP(=O)([O-])OCC[N+](C)(C)C. The van der Waals surface area contributed by atoms with Gasteiger partial charge in [-0.3, -0.25) is 18.7 Å². The van der Waals surface area contributed by atoms with Gasteiger partial charge in [0.15, 0.2) is 6.61 Å². The number of hydrogen-bond donors (Lipinski definition) is 0. The van der Waals surface area contributed by atoms with Gasteiger partial charge in [-0.1, -0.05) is 137 Å². The number of quaternary nitrogens is 1. The highest BCUT2D eigenvalue weighted by molar-refractivity contribution is 7.45. The minimum Gasteiger partial charge on any atom is -0.756 e. The van der Waals surface area contributed by atoms with Gasteiger partial charge in [0.2, 0.25) is 6.29 Å². The van der Waals surface area contributed by atoms with Crippen LogP contribution in [0.3, 0.4) is 0 Å². The predicted molar refractivity (Wildman–Crippen MR) is 235 cm³/mol. The molecule has 324 valence electrons. The molecule has 57 heavy (non-hydrogen) atoms. The highest BCUT2D eigenvalue weighted by atomic mass is 31.2. The maximum absolute atomic E-state index is 12.6. The van der Waals surface area contributed by atoms with Crippen molar-refractivity contribution in [2.75, 3.05) is 40.9 Å². The van der Waals surface area contributed by atoms with Crippen molar-refractivity contribution in [2.45, 2.75) is 149 Å². The van der Waals surface area contributed by atoms with Crippen LogP contribution in [0.2, 0.25) is 0 Å². The molecule has 0 radical (unpaired) electrons. The fourth-order valence-corrected chi connectivity index (χ4v) is 5.73. The van der Waals surface area contributed by atoms with E-state index in [4.69, 9.17) is 18.5 Å². The van der Waals surface area contributed by atoms with Gasteiger partial charge in [0, 0.05) is 12.8 Å². The first kappa shape index (κ1) is 53.9. The molecule has 0 aromatic heterocycles. The summed E-state index contributed by atoms with van der Waals surface area (Å²) in [6.07, 6.45) is 50.5. The molecule has 0 saturated heterocycles. The topological polar surface area (TPSA) is 111 Å². The zero-order chi connectivity index (χ0) is 42.1. The van der Waals surface area contributed by atoms with E-state index in [0.29, 0.717) is 36.7 Å². The maximum atomic E-state index is 12.6. The third-order valence-corrected chi connectivity index (χ3v) is 9.31. The number of carbonyl (C=O) groups is 2. The van der Waals surface area contributed by atoms with Gasteiger partial charge in [0.1, 0.15) is 13.2 Å². The van der Waals surface area contributed by atoms with Crippen molar-refractivity contribution in [3.8, 4) is 0 Å². The number of esters is 2. The van der Waals surface area contributed by atoms with Crippen LogP contribution in [0.1, 0.15) is 142 Å². The van der Waals surface area contributed by atoms with Crippen LogP contribution in [-0.2, 0) is 32.7 Å². The number of nitrogens with zero attached hydrogens (tertiary/aromatic N) is 1. The van der Waals surface area contributed by atoms with Gasteiger partial charge in [-0.15, -0.1) is 0 Å². The van der Waals surface area contributed by atoms with Crippen LogP contribution in [-0.4, -0.2) is 63.6 Å². The Morgan fingerprint density at radius 3 is 1.32 bits per heavy atom. The third kappa shape index (κ3) is 42.4. The van der Waals surface area contributed by atoms with Crippen molar-refractivity contribution in [1.29, 1.82) is 0 Å². The summed E-state index contributed by atoms with van der Waals surface area (Å²) in [4.78, 5) is 37.5. The van der Waals surface area contributed by atoms with Crippen molar-refractivity contribution < 1.29 is 42.1 Å². The fourth-order valence-electron chi connectivity index (χ4n) is 4.98. The second kappa shape index (κ2) is 38.4. The summed E-state index contributed by atoms with van der Waals surface area (Å²) in [5, 5.41) is 0. The number of ether oxygens (including phenoxy) is 2. The van der Waals surface area contributed by atoms with Crippen LogP contribution in [0.4, 0.5) is 0 Å². The number of allylic oxidation sites excluding steroid dienone is 16. The Morgan fingerprint density at radius 2 is 0.930 bits per heavy atom. The molecule has 2 atom stereocenters. The molecule has 0 N–H and O–H groups in total. The molecular formula is C47H78NO8P. The lowest BCUT2D eigenvalue weighted by Gasteiger charge is -2.29. The molecule has 0 heterocycles. The lowest BCUT2D eigenvalue weighted by Crippen LogP contribution is -2.38. The molecule has 1 unspecified atom stereocenters. The lowest BCUT2D eigenvalue weighted by atomic mass is 10.2. The molecule has 0 fully saturated rings. The van der Waals surface area contributed by atoms with Crippen molar-refractivity contribution in [2.24, 2.45) is 0 Å². The molecule has 0 saturated carbocycles. The molecule has 0 aliphatic carbocycles. The number of phosphoric acid groups is 1. The Balaban J connectivity index is 4.56. The predicted octanol–water partition coefficient (Wildman–Crippen LogP) is 11.9. The largest absolute Gasteiger partial charge is 0.756 e. The van der Waals surface area contributed by atoms with E-state index in [-0.39, 0.29) is 19.4 Å². The summed E-state index contributed by atoms with van der Waals surface area (Å²) in [6.45, 7) is 4.17. The summed E-state index contributed by atoms with van der Waals surface area (Å²) in [5.41, 5.74) is 0. The number of phosphoric ester groups is 1. The maximum Gasteiger partial charge on any atom is 0.308 e. The zero-order valence-electron chi connectivity index (χ0n) is 36.2. The Kier molecular flexibility index (Phi) is 36.4. The van der Waals surface area contributed by atoms with Gasteiger partial charge in [0.25, 0.3) is 7.82 Å². The lowest BCUT2D eigenvalue weighted by molar-refractivity contribution is -0.870. The molecule has 10 heteroatoms. The van der Waals surface area contributed by atoms with Crippen molar-refractivity contribution >= 4 is 19.8 Å². The van der Waals surface area contributed by atoms with Crippen molar-refractivity contribution in [3.63, 3.8) is 0 Å². The van der Waals surface area contributed by atoms with Crippen LogP contribution < -0.4 is 4.89 Å². The van der Waals surface area contributed by atoms with Crippen LogP contribution in [0, 0.1) is 0 Å². The van der Waals surface area contributed by atoms with E-state index in [1.807, 2.05) is 39.4 Å². The van der Waals surface area contributed by atoms with E-state index < -0.39 is 32.7 Å². The molecule has 0 aromatic carbocycles. The van der Waals surface area contributed by atoms with E-state index in [1.54, 1.807) is 0 Å². The molecule has 0 bridgehead atoms. The minimum atomic E-state index is -4.85. The van der Waals surface area contributed by atoms with Gasteiger partial charge in [-0.25, -0.2) is 0 Å². The standard InChI is InChI=1S/C47H78NO8P/c1-6-8-10-12-14-16-18-20-22-24-26-28-30-32-34-36-38-40-45(49)53-44-47(56-57(51,52)54-43-42-48(3,4)5)55-46(50)41-39-37-35-33-31-29-27-25-23-21-19-17-15-13-11-9-7-2/h14-17,20-23,26-29,32-35,47H,6-13,18-19,24-25,30-31,36-44H2,1-5H3/b16-14-,17-15-,22-20-,23-21-,28-26-,29-27-,34-32-,35-33-/t47-/m0/s1. The number of rotatable bonds is 37. The normalized spacial score (nSPS) is 14.6. The summed E-state index contributed by atoms with van der Waals surface area (Å²) in [5.74, 6) is -1.19.